The number of esters is 1. The van der Waals surface area contributed by atoms with E-state index in [-0.39, 0.29) is 25.5 Å². The lowest BCUT2D eigenvalue weighted by atomic mass is 10.2. The minimum atomic E-state index is -0.961. The summed E-state index contributed by atoms with van der Waals surface area (Å²) in [6.45, 7) is 2.14. The number of carboxylic acids is 1. The van der Waals surface area contributed by atoms with Crippen LogP contribution in [0.3, 0.4) is 0 Å². The van der Waals surface area contributed by atoms with E-state index < -0.39 is 5.97 Å². The van der Waals surface area contributed by atoms with Crippen molar-refractivity contribution < 1.29 is 24.2 Å². The number of hydrogen-bond acceptors (Lipinski definition) is 5. The number of carbonyl (C=O) groups excluding carboxylic acids is 1. The van der Waals surface area contributed by atoms with Gasteiger partial charge in [0.2, 0.25) is 0 Å². The number of methoxy groups -OCH3 is 1. The van der Waals surface area contributed by atoms with Crippen molar-refractivity contribution in [3.63, 3.8) is 0 Å². The van der Waals surface area contributed by atoms with Gasteiger partial charge in [-0.05, 0) is 19.1 Å². The van der Waals surface area contributed by atoms with Crippen LogP contribution in [0.2, 0.25) is 0 Å². The first-order valence-electron chi connectivity index (χ1n) is 6.33. The Morgan fingerprint density at radius 1 is 1.35 bits per heavy atom. The quantitative estimate of drug-likeness (QED) is 0.728. The molecule has 0 fully saturated rings. The van der Waals surface area contributed by atoms with Gasteiger partial charge >= 0.3 is 11.9 Å². The van der Waals surface area contributed by atoms with Crippen LogP contribution in [0.4, 0.5) is 5.69 Å². The van der Waals surface area contributed by atoms with Gasteiger partial charge in [-0.2, -0.15) is 0 Å². The van der Waals surface area contributed by atoms with Crippen LogP contribution in [0, 0.1) is 0 Å². The summed E-state index contributed by atoms with van der Waals surface area (Å²) < 4.78 is 9.95. The number of nitrogens with zero attached hydrogens (tertiary/aromatic N) is 1. The van der Waals surface area contributed by atoms with Crippen LogP contribution in [0.25, 0.3) is 0 Å². The van der Waals surface area contributed by atoms with E-state index in [0.717, 1.165) is 0 Å². The second kappa shape index (κ2) is 8.04. The van der Waals surface area contributed by atoms with Gasteiger partial charge in [0.05, 0.1) is 20.1 Å². The molecule has 1 aromatic rings. The van der Waals surface area contributed by atoms with Crippen LogP contribution < -0.4 is 9.64 Å². The van der Waals surface area contributed by atoms with Crippen LogP contribution in [-0.2, 0) is 14.3 Å². The third-order valence-corrected chi connectivity index (χ3v) is 2.64. The highest BCUT2D eigenvalue weighted by molar-refractivity contribution is 5.75. The monoisotopic (exact) mass is 281 g/mol. The molecule has 110 valence electrons. The predicted octanol–water partition coefficient (Wildman–Crippen LogP) is 1.54. The molecule has 0 aliphatic rings. The molecule has 0 saturated heterocycles. The number of anilines is 1. The Morgan fingerprint density at radius 2 is 2.10 bits per heavy atom. The molecule has 20 heavy (non-hydrogen) atoms. The number of benzene rings is 1. The van der Waals surface area contributed by atoms with E-state index in [1.54, 1.807) is 43.2 Å². The Balaban J connectivity index is 2.77. The molecule has 0 bridgehead atoms. The van der Waals surface area contributed by atoms with Gasteiger partial charge in [-0.25, -0.2) is 0 Å². The number of ether oxygens (including phenoxy) is 2. The summed E-state index contributed by atoms with van der Waals surface area (Å²) in [6, 6.07) is 7.05. The number of carbonyl (C=O) groups is 2. The zero-order valence-electron chi connectivity index (χ0n) is 11.7. The second-order valence-corrected chi connectivity index (χ2v) is 4.07. The Morgan fingerprint density at radius 3 is 2.70 bits per heavy atom. The molecule has 0 saturated carbocycles. The lowest BCUT2D eigenvalue weighted by molar-refractivity contribution is -0.143. The summed E-state index contributed by atoms with van der Waals surface area (Å²) in [5.41, 5.74) is 0.691. The van der Waals surface area contributed by atoms with E-state index in [2.05, 4.69) is 0 Å². The summed E-state index contributed by atoms with van der Waals surface area (Å²) in [5.74, 6) is -0.670. The van der Waals surface area contributed by atoms with E-state index in [9.17, 15) is 9.59 Å². The minimum Gasteiger partial charge on any atom is -0.497 e. The smallest absolute Gasteiger partial charge is 0.323 e. The molecule has 0 aromatic heterocycles. The van der Waals surface area contributed by atoms with Crippen molar-refractivity contribution in [1.29, 1.82) is 0 Å². The molecule has 6 heteroatoms. The average molecular weight is 281 g/mol. The molecule has 1 N–H and O–H groups in total. The van der Waals surface area contributed by atoms with Crippen molar-refractivity contribution in [2.45, 2.75) is 13.3 Å². The fourth-order valence-corrected chi connectivity index (χ4v) is 1.73. The van der Waals surface area contributed by atoms with E-state index in [1.165, 1.54) is 0 Å². The molecule has 0 aliphatic heterocycles. The number of hydrogen-bond donors (Lipinski definition) is 1. The van der Waals surface area contributed by atoms with Crippen LogP contribution in [0.1, 0.15) is 13.3 Å². The number of carboxylic acid groups (broad SMARTS) is 1. The van der Waals surface area contributed by atoms with Crippen molar-refractivity contribution in [2.24, 2.45) is 0 Å². The van der Waals surface area contributed by atoms with E-state index >= 15 is 0 Å². The zero-order chi connectivity index (χ0) is 15.0. The first-order valence-corrected chi connectivity index (χ1v) is 6.33. The molecule has 0 radical (unpaired) electrons. The first-order chi connectivity index (χ1) is 9.56. The SMILES string of the molecule is CCOC(=O)CCN(CC(=O)O)c1cccc(OC)c1. The van der Waals surface area contributed by atoms with Crippen molar-refractivity contribution in [3.05, 3.63) is 24.3 Å². The number of aliphatic carboxylic acids is 1. The first kappa shape index (κ1) is 15.8. The third-order valence-electron chi connectivity index (χ3n) is 2.64. The highest BCUT2D eigenvalue weighted by Gasteiger charge is 2.13. The molecular formula is C14H19NO5. The van der Waals surface area contributed by atoms with Gasteiger partial charge in [-0.3, -0.25) is 9.59 Å². The van der Waals surface area contributed by atoms with Crippen molar-refractivity contribution >= 4 is 17.6 Å². The largest absolute Gasteiger partial charge is 0.497 e. The molecular weight excluding hydrogens is 262 g/mol. The maximum atomic E-state index is 11.4. The molecule has 1 rings (SSSR count). The van der Waals surface area contributed by atoms with Gasteiger partial charge in [0.25, 0.3) is 0 Å². The van der Waals surface area contributed by atoms with Crippen LogP contribution in [-0.4, -0.2) is 43.9 Å². The summed E-state index contributed by atoms with van der Waals surface area (Å²) in [5, 5.41) is 8.95. The van der Waals surface area contributed by atoms with Crippen LogP contribution in [0.15, 0.2) is 24.3 Å². The highest BCUT2D eigenvalue weighted by Crippen LogP contribution is 2.21. The van der Waals surface area contributed by atoms with Crippen molar-refractivity contribution in [3.8, 4) is 5.75 Å². The molecule has 6 nitrogen and oxygen atoms in total. The molecule has 1 aromatic carbocycles. The summed E-state index contributed by atoms with van der Waals surface area (Å²) in [7, 11) is 1.54. The van der Waals surface area contributed by atoms with Crippen molar-refractivity contribution in [2.75, 3.05) is 31.7 Å². The summed E-state index contributed by atoms with van der Waals surface area (Å²) in [4.78, 5) is 23.9. The van der Waals surface area contributed by atoms with E-state index in [1.807, 2.05) is 0 Å². The summed E-state index contributed by atoms with van der Waals surface area (Å²) >= 11 is 0. The number of rotatable bonds is 8. The maximum Gasteiger partial charge on any atom is 0.323 e. The molecule has 0 amide bonds. The molecule has 0 heterocycles. The zero-order valence-corrected chi connectivity index (χ0v) is 11.7. The Hall–Kier alpha value is -2.24. The lowest BCUT2D eigenvalue weighted by Gasteiger charge is -2.22. The minimum absolute atomic E-state index is 0.137. The van der Waals surface area contributed by atoms with Gasteiger partial charge in [-0.1, -0.05) is 6.07 Å². The fraction of sp³-hybridized carbons (Fsp3) is 0.429. The standard InChI is InChI=1S/C14H19NO5/c1-3-20-14(18)7-8-15(10-13(16)17)11-5-4-6-12(9-11)19-2/h4-6,9H,3,7-8,10H2,1-2H3,(H,16,17). The van der Waals surface area contributed by atoms with Gasteiger partial charge < -0.3 is 19.5 Å². The van der Waals surface area contributed by atoms with Gasteiger partial charge in [0.1, 0.15) is 12.3 Å². The third kappa shape index (κ3) is 5.17. The Labute approximate surface area is 117 Å². The maximum absolute atomic E-state index is 11.4. The van der Waals surface area contributed by atoms with Gasteiger partial charge in [0, 0.05) is 18.3 Å². The lowest BCUT2D eigenvalue weighted by Crippen LogP contribution is -2.32. The molecule has 0 aliphatic carbocycles. The van der Waals surface area contributed by atoms with Crippen LogP contribution in [0.5, 0.6) is 5.75 Å². The van der Waals surface area contributed by atoms with E-state index in [0.29, 0.717) is 18.0 Å². The summed E-state index contributed by atoms with van der Waals surface area (Å²) in [6.07, 6.45) is 0.137. The molecule has 0 spiro atoms. The van der Waals surface area contributed by atoms with Crippen molar-refractivity contribution in [1.82, 2.24) is 0 Å². The fourth-order valence-electron chi connectivity index (χ4n) is 1.73. The Kier molecular flexibility index (Phi) is 6.36. The molecule has 0 atom stereocenters. The normalized spacial score (nSPS) is 9.90. The topological polar surface area (TPSA) is 76.1 Å². The van der Waals surface area contributed by atoms with Gasteiger partial charge in [-0.15, -0.1) is 0 Å². The predicted molar refractivity (Wildman–Crippen MR) is 74.1 cm³/mol. The average Bonchev–Trinajstić information content (AvgIpc) is 2.43. The Bertz CT molecular complexity index is 461. The van der Waals surface area contributed by atoms with E-state index in [4.69, 9.17) is 14.6 Å². The van der Waals surface area contributed by atoms with Gasteiger partial charge in [0.15, 0.2) is 0 Å². The highest BCUT2D eigenvalue weighted by atomic mass is 16.5. The van der Waals surface area contributed by atoms with Crippen LogP contribution >= 0.6 is 0 Å². The second-order valence-electron chi connectivity index (χ2n) is 4.07. The molecule has 0 unspecified atom stereocenters.